The molecule has 0 N–H and O–H groups in total. The maximum absolute atomic E-state index is 5.25. The number of hydrogen-bond donors (Lipinski definition) is 0. The molecule has 1 heteroatoms. The van der Waals surface area contributed by atoms with Gasteiger partial charge in [0.25, 0.3) is 0 Å². The van der Waals surface area contributed by atoms with Gasteiger partial charge >= 0.3 is 0 Å². The summed E-state index contributed by atoms with van der Waals surface area (Å²) in [5.41, 5.74) is 0.494. The molecule has 0 aliphatic heterocycles. The lowest BCUT2D eigenvalue weighted by molar-refractivity contribution is 0.0308. The number of methoxy groups -OCH3 is 1. The van der Waals surface area contributed by atoms with Crippen LogP contribution in [0.1, 0.15) is 53.9 Å². The molecule has 0 aromatic heterocycles. The minimum atomic E-state index is 0.494. The first kappa shape index (κ1) is 14.0. The first-order valence-corrected chi connectivity index (χ1v) is 6.05. The Bertz CT molecular complexity index is 140. The van der Waals surface area contributed by atoms with Gasteiger partial charge in [-0.2, -0.15) is 0 Å². The number of rotatable bonds is 2. The monoisotopic (exact) mass is 200 g/mol. The van der Waals surface area contributed by atoms with Gasteiger partial charge in [0.1, 0.15) is 0 Å². The van der Waals surface area contributed by atoms with E-state index in [1.807, 2.05) is 21.0 Å². The first-order chi connectivity index (χ1) is 6.56. The van der Waals surface area contributed by atoms with Gasteiger partial charge in [-0.1, -0.05) is 41.0 Å². The van der Waals surface area contributed by atoms with E-state index in [1.165, 1.54) is 19.3 Å². The van der Waals surface area contributed by atoms with E-state index in [0.29, 0.717) is 5.41 Å². The lowest BCUT2D eigenvalue weighted by Gasteiger charge is -2.41. The molecule has 1 fully saturated rings. The maximum atomic E-state index is 5.25. The molecule has 0 spiro atoms. The molecule has 86 valence electrons. The summed E-state index contributed by atoms with van der Waals surface area (Å²) in [7, 11) is 1.81. The molecule has 0 aromatic carbocycles. The van der Waals surface area contributed by atoms with E-state index < -0.39 is 0 Å². The zero-order chi connectivity index (χ0) is 11.2. The number of hydrogen-bond acceptors (Lipinski definition) is 1. The standard InChI is InChI=1S/C11H22O.C2H6/c1-9-5-6-10(8-12-4)11(2,3)7-9;1-2/h9-10H,5-8H2,1-4H3;1-2H3/t9?,10-;/m1./s1. The van der Waals surface area contributed by atoms with Crippen LogP contribution in [0.2, 0.25) is 0 Å². The van der Waals surface area contributed by atoms with Crippen molar-refractivity contribution in [2.24, 2.45) is 17.3 Å². The summed E-state index contributed by atoms with van der Waals surface area (Å²) in [5.74, 6) is 1.69. The number of ether oxygens (including phenoxy) is 1. The van der Waals surface area contributed by atoms with E-state index in [-0.39, 0.29) is 0 Å². The molecule has 1 saturated carbocycles. The molecule has 0 radical (unpaired) electrons. The second kappa shape index (κ2) is 6.44. The zero-order valence-corrected chi connectivity index (χ0v) is 10.9. The third-order valence-electron chi connectivity index (χ3n) is 3.36. The van der Waals surface area contributed by atoms with Crippen molar-refractivity contribution >= 4 is 0 Å². The van der Waals surface area contributed by atoms with Crippen LogP contribution in [0.15, 0.2) is 0 Å². The molecule has 2 atom stereocenters. The fourth-order valence-electron chi connectivity index (χ4n) is 2.55. The SMILES string of the molecule is CC.COC[C@H]1CCC(C)CC1(C)C. The topological polar surface area (TPSA) is 9.23 Å². The highest BCUT2D eigenvalue weighted by Crippen LogP contribution is 2.43. The molecule has 0 bridgehead atoms. The van der Waals surface area contributed by atoms with Gasteiger partial charge in [0, 0.05) is 13.7 Å². The van der Waals surface area contributed by atoms with E-state index >= 15 is 0 Å². The molecule has 1 aliphatic carbocycles. The van der Waals surface area contributed by atoms with Gasteiger partial charge in [-0.05, 0) is 30.1 Å². The molecule has 1 nitrogen and oxygen atoms in total. The fraction of sp³-hybridized carbons (Fsp3) is 1.00. The Morgan fingerprint density at radius 1 is 1.21 bits per heavy atom. The highest BCUT2D eigenvalue weighted by Gasteiger charge is 2.34. The summed E-state index contributed by atoms with van der Waals surface area (Å²) in [4.78, 5) is 0. The Kier molecular flexibility index (Phi) is 6.43. The zero-order valence-electron chi connectivity index (χ0n) is 10.9. The predicted octanol–water partition coefficient (Wildman–Crippen LogP) is 4.12. The van der Waals surface area contributed by atoms with Gasteiger partial charge < -0.3 is 4.74 Å². The first-order valence-electron chi connectivity index (χ1n) is 6.05. The van der Waals surface area contributed by atoms with Crippen LogP contribution in [0.3, 0.4) is 0 Å². The fourth-order valence-corrected chi connectivity index (χ4v) is 2.55. The molecule has 0 heterocycles. The van der Waals surface area contributed by atoms with Gasteiger partial charge in [0.05, 0.1) is 0 Å². The third kappa shape index (κ3) is 4.00. The minimum absolute atomic E-state index is 0.494. The van der Waals surface area contributed by atoms with Crippen LogP contribution in [0, 0.1) is 17.3 Å². The van der Waals surface area contributed by atoms with Gasteiger partial charge in [-0.25, -0.2) is 0 Å². The highest BCUT2D eigenvalue weighted by molar-refractivity contribution is 4.84. The summed E-state index contributed by atoms with van der Waals surface area (Å²) in [6, 6.07) is 0. The van der Waals surface area contributed by atoms with Crippen molar-refractivity contribution in [3.8, 4) is 0 Å². The molecular formula is C13H28O. The molecule has 0 saturated heterocycles. The summed E-state index contributed by atoms with van der Waals surface area (Å²) >= 11 is 0. The summed E-state index contributed by atoms with van der Waals surface area (Å²) in [6.45, 7) is 12.1. The molecular weight excluding hydrogens is 172 g/mol. The Hall–Kier alpha value is -0.0400. The van der Waals surface area contributed by atoms with Crippen LogP contribution in [0.25, 0.3) is 0 Å². The second-order valence-corrected chi connectivity index (χ2v) is 5.03. The van der Waals surface area contributed by atoms with Crippen LogP contribution >= 0.6 is 0 Å². The van der Waals surface area contributed by atoms with Crippen molar-refractivity contribution in [2.75, 3.05) is 13.7 Å². The van der Waals surface area contributed by atoms with E-state index in [2.05, 4.69) is 20.8 Å². The molecule has 0 amide bonds. The van der Waals surface area contributed by atoms with Gasteiger partial charge in [-0.15, -0.1) is 0 Å². The van der Waals surface area contributed by atoms with Crippen LogP contribution in [0.4, 0.5) is 0 Å². The average Bonchev–Trinajstić information content (AvgIpc) is 2.13. The third-order valence-corrected chi connectivity index (χ3v) is 3.36. The van der Waals surface area contributed by atoms with Crippen molar-refractivity contribution in [1.82, 2.24) is 0 Å². The smallest absolute Gasteiger partial charge is 0.0495 e. The Labute approximate surface area is 90.2 Å². The maximum Gasteiger partial charge on any atom is 0.0495 e. The summed E-state index contributed by atoms with van der Waals surface area (Å²) in [5, 5.41) is 0. The molecule has 1 aliphatic rings. The van der Waals surface area contributed by atoms with Crippen LogP contribution in [-0.2, 0) is 4.74 Å². The molecule has 1 unspecified atom stereocenters. The van der Waals surface area contributed by atoms with Crippen molar-refractivity contribution in [2.45, 2.75) is 53.9 Å². The second-order valence-electron chi connectivity index (χ2n) is 5.03. The average molecular weight is 200 g/mol. The molecule has 1 rings (SSSR count). The Balaban J connectivity index is 0.000000791. The van der Waals surface area contributed by atoms with E-state index in [4.69, 9.17) is 4.74 Å². The van der Waals surface area contributed by atoms with E-state index in [1.54, 1.807) is 0 Å². The van der Waals surface area contributed by atoms with Crippen molar-refractivity contribution < 1.29 is 4.74 Å². The van der Waals surface area contributed by atoms with Gasteiger partial charge in [-0.3, -0.25) is 0 Å². The van der Waals surface area contributed by atoms with Crippen LogP contribution in [-0.4, -0.2) is 13.7 Å². The highest BCUT2D eigenvalue weighted by atomic mass is 16.5. The van der Waals surface area contributed by atoms with Gasteiger partial charge in [0.2, 0.25) is 0 Å². The lowest BCUT2D eigenvalue weighted by Crippen LogP contribution is -2.34. The minimum Gasteiger partial charge on any atom is -0.384 e. The van der Waals surface area contributed by atoms with Gasteiger partial charge in [0.15, 0.2) is 0 Å². The quantitative estimate of drug-likeness (QED) is 0.651. The van der Waals surface area contributed by atoms with Crippen molar-refractivity contribution in [3.63, 3.8) is 0 Å². The lowest BCUT2D eigenvalue weighted by atomic mass is 9.66. The Morgan fingerprint density at radius 2 is 1.79 bits per heavy atom. The largest absolute Gasteiger partial charge is 0.384 e. The molecule has 14 heavy (non-hydrogen) atoms. The Morgan fingerprint density at radius 3 is 2.21 bits per heavy atom. The van der Waals surface area contributed by atoms with Crippen molar-refractivity contribution in [3.05, 3.63) is 0 Å². The normalized spacial score (nSPS) is 30.4. The predicted molar refractivity (Wildman–Crippen MR) is 63.5 cm³/mol. The van der Waals surface area contributed by atoms with Crippen LogP contribution in [0.5, 0.6) is 0 Å². The molecule has 0 aromatic rings. The summed E-state index contributed by atoms with van der Waals surface area (Å²) in [6.07, 6.45) is 4.10. The van der Waals surface area contributed by atoms with E-state index in [0.717, 1.165) is 18.4 Å². The van der Waals surface area contributed by atoms with Crippen LogP contribution < -0.4 is 0 Å². The van der Waals surface area contributed by atoms with Crippen molar-refractivity contribution in [1.29, 1.82) is 0 Å². The summed E-state index contributed by atoms with van der Waals surface area (Å²) < 4.78 is 5.25. The van der Waals surface area contributed by atoms with E-state index in [9.17, 15) is 0 Å².